The molecule has 0 saturated heterocycles. The minimum atomic E-state index is -1.02. The number of allylic oxidation sites excluding steroid dienone is 2. The molecule has 0 fully saturated rings. The van der Waals surface area contributed by atoms with E-state index < -0.39 is 42.8 Å². The fourth-order valence-corrected chi connectivity index (χ4v) is 3.32. The Labute approximate surface area is 220 Å². The number of nitrogens with zero attached hydrogens (tertiary/aromatic N) is 1. The van der Waals surface area contributed by atoms with Crippen molar-refractivity contribution in [2.24, 2.45) is 5.16 Å². The summed E-state index contributed by atoms with van der Waals surface area (Å²) in [5.74, 6) is -2.37. The van der Waals surface area contributed by atoms with E-state index in [2.05, 4.69) is 15.3 Å². The number of rotatable bonds is 7. The molecule has 38 heavy (non-hydrogen) atoms. The van der Waals surface area contributed by atoms with Crippen molar-refractivity contribution in [1.29, 1.82) is 0 Å². The summed E-state index contributed by atoms with van der Waals surface area (Å²) in [5, 5.41) is 36.3. The number of fused-ring (bicyclic) bond motifs is 1. The normalized spacial score (nSPS) is 23.6. The fraction of sp³-hybridized carbons (Fsp3) is 0.333. The van der Waals surface area contributed by atoms with Gasteiger partial charge in [0, 0.05) is 18.7 Å². The topological polar surface area (TPSA) is 164 Å². The molecule has 2 rings (SSSR count). The van der Waals surface area contributed by atoms with Crippen molar-refractivity contribution in [3.63, 3.8) is 0 Å². The molecule has 3 atom stereocenters. The molecule has 1 aromatic rings. The highest BCUT2D eigenvalue weighted by Crippen LogP contribution is 2.25. The van der Waals surface area contributed by atoms with Crippen molar-refractivity contribution in [1.82, 2.24) is 5.32 Å². The maximum Gasteiger partial charge on any atom is 0.342 e. The lowest BCUT2D eigenvalue weighted by Crippen LogP contribution is -2.27. The monoisotopic (exact) mass is 528 g/mol. The molecule has 0 spiro atoms. The quantitative estimate of drug-likeness (QED) is 0.136. The number of hydrogen-bond donors (Lipinski definition) is 4. The number of oxime groups is 1. The van der Waals surface area contributed by atoms with Crippen molar-refractivity contribution in [3.8, 4) is 5.75 Å². The van der Waals surface area contributed by atoms with Crippen LogP contribution in [0, 0.1) is 0 Å². The molecule has 4 N–H and O–H groups in total. The third-order valence-corrected chi connectivity index (χ3v) is 5.32. The van der Waals surface area contributed by atoms with Gasteiger partial charge in [-0.15, -0.1) is 0 Å². The van der Waals surface area contributed by atoms with Crippen LogP contribution in [0.4, 0.5) is 0 Å². The predicted octanol–water partition coefficient (Wildman–Crippen LogP) is 1.84. The van der Waals surface area contributed by atoms with Crippen molar-refractivity contribution in [2.45, 2.75) is 44.5 Å². The average Bonchev–Trinajstić information content (AvgIpc) is 2.89. The molecular formula is C27H32N2O9. The number of nitrogens with one attached hydrogen (secondary N) is 1. The number of hydrogen-bond acceptors (Lipinski definition) is 10. The van der Waals surface area contributed by atoms with Crippen molar-refractivity contribution in [2.75, 3.05) is 13.7 Å². The lowest BCUT2D eigenvalue weighted by molar-refractivity contribution is -0.150. The summed E-state index contributed by atoms with van der Waals surface area (Å²) in [6.45, 7) is 1.16. The summed E-state index contributed by atoms with van der Waals surface area (Å²) in [6, 6.07) is 4.57. The van der Waals surface area contributed by atoms with Crippen LogP contribution in [0.15, 0.2) is 71.6 Å². The van der Waals surface area contributed by atoms with Crippen LogP contribution in [0.5, 0.6) is 5.75 Å². The van der Waals surface area contributed by atoms with E-state index in [9.17, 15) is 29.7 Å². The Morgan fingerprint density at radius 3 is 2.79 bits per heavy atom. The van der Waals surface area contributed by atoms with Crippen LogP contribution in [-0.2, 0) is 30.3 Å². The number of cyclic esters (lactones) is 2. The van der Waals surface area contributed by atoms with Gasteiger partial charge in [0.15, 0.2) is 0 Å². The average molecular weight is 529 g/mol. The number of aromatic hydroxyl groups is 1. The van der Waals surface area contributed by atoms with E-state index >= 15 is 0 Å². The smallest absolute Gasteiger partial charge is 0.342 e. The first kappa shape index (κ1) is 30.0. The Bertz CT molecular complexity index is 1120. The molecular weight excluding hydrogens is 496 g/mol. The Morgan fingerprint density at radius 2 is 2.05 bits per heavy atom. The summed E-state index contributed by atoms with van der Waals surface area (Å²) in [4.78, 5) is 41.9. The SMILES string of the molecule is CO/N=C/C=C/C(=O)N/C=C/CC1CC(=O)OC(CO)/C=C/C(O)/C(C)=C/Cc2cccc(O)c2C(=O)O1. The number of ether oxygens (including phenoxy) is 2. The molecule has 3 unspecified atom stereocenters. The van der Waals surface area contributed by atoms with Gasteiger partial charge < -0.3 is 34.9 Å². The van der Waals surface area contributed by atoms with Crippen LogP contribution < -0.4 is 5.32 Å². The zero-order chi connectivity index (χ0) is 27.9. The van der Waals surface area contributed by atoms with Crippen LogP contribution in [-0.4, -0.2) is 71.4 Å². The number of carbonyl (C=O) groups excluding carboxylic acids is 3. The molecule has 11 heteroatoms. The van der Waals surface area contributed by atoms with Gasteiger partial charge in [-0.3, -0.25) is 9.59 Å². The van der Waals surface area contributed by atoms with Gasteiger partial charge in [0.1, 0.15) is 30.6 Å². The van der Waals surface area contributed by atoms with E-state index in [1.54, 1.807) is 25.1 Å². The molecule has 11 nitrogen and oxygen atoms in total. The maximum absolute atomic E-state index is 13.1. The molecule has 1 amide bonds. The molecule has 0 aromatic heterocycles. The Morgan fingerprint density at radius 1 is 1.26 bits per heavy atom. The lowest BCUT2D eigenvalue weighted by Gasteiger charge is -2.19. The second kappa shape index (κ2) is 15.8. The summed E-state index contributed by atoms with van der Waals surface area (Å²) in [6.07, 6.45) is 7.96. The zero-order valence-electron chi connectivity index (χ0n) is 21.1. The van der Waals surface area contributed by atoms with E-state index in [-0.39, 0.29) is 30.6 Å². The van der Waals surface area contributed by atoms with Gasteiger partial charge in [-0.2, -0.15) is 0 Å². The van der Waals surface area contributed by atoms with E-state index in [1.807, 2.05) is 0 Å². The van der Waals surface area contributed by atoms with Crippen molar-refractivity contribution >= 4 is 24.1 Å². The summed E-state index contributed by atoms with van der Waals surface area (Å²) < 4.78 is 10.8. The fourth-order valence-electron chi connectivity index (χ4n) is 3.32. The first-order valence-electron chi connectivity index (χ1n) is 11.8. The molecule has 0 radical (unpaired) electrons. The van der Waals surface area contributed by atoms with E-state index in [1.165, 1.54) is 56.0 Å². The highest BCUT2D eigenvalue weighted by Gasteiger charge is 2.25. The summed E-state index contributed by atoms with van der Waals surface area (Å²) in [5.41, 5.74) is 0.942. The molecule has 1 aliphatic heterocycles. The van der Waals surface area contributed by atoms with Crippen LogP contribution >= 0.6 is 0 Å². The second-order valence-corrected chi connectivity index (χ2v) is 8.18. The molecule has 1 aromatic carbocycles. The standard InChI is InChI=1S/C27H32N2O9/c1-18-10-11-19-6-3-8-23(32)26(19)27(35)38-20(7-4-14-28-24(33)9-5-15-29-36-2)16-25(34)37-21(17-30)12-13-22(18)31/h3-6,8-10,12-15,20-22,30-32H,7,11,16-17H2,1-2H3,(H,28,33)/b9-5+,13-12+,14-4+,18-10+,29-15+. The lowest BCUT2D eigenvalue weighted by atomic mass is 10.0. The number of benzene rings is 1. The number of amides is 1. The number of aliphatic hydroxyl groups excluding tert-OH is 2. The highest BCUT2D eigenvalue weighted by molar-refractivity contribution is 5.94. The van der Waals surface area contributed by atoms with Crippen molar-refractivity contribution < 1.29 is 44.0 Å². The number of phenols is 1. The van der Waals surface area contributed by atoms with Crippen LogP contribution in [0.2, 0.25) is 0 Å². The minimum absolute atomic E-state index is 0.0241. The largest absolute Gasteiger partial charge is 0.507 e. The third kappa shape index (κ3) is 10.0. The van der Waals surface area contributed by atoms with Gasteiger partial charge in [0.25, 0.3) is 0 Å². The van der Waals surface area contributed by atoms with Gasteiger partial charge >= 0.3 is 11.9 Å². The second-order valence-electron chi connectivity index (χ2n) is 8.18. The van der Waals surface area contributed by atoms with Crippen LogP contribution in [0.25, 0.3) is 0 Å². The first-order chi connectivity index (χ1) is 18.2. The predicted molar refractivity (Wildman–Crippen MR) is 138 cm³/mol. The van der Waals surface area contributed by atoms with Crippen LogP contribution in [0.1, 0.15) is 35.7 Å². The van der Waals surface area contributed by atoms with Crippen LogP contribution in [0.3, 0.4) is 0 Å². The molecule has 204 valence electrons. The Balaban J connectivity index is 2.28. The first-order valence-corrected chi connectivity index (χ1v) is 11.8. The molecule has 0 bridgehead atoms. The van der Waals surface area contributed by atoms with Gasteiger partial charge in [-0.1, -0.05) is 35.5 Å². The highest BCUT2D eigenvalue weighted by atomic mass is 16.6. The number of esters is 2. The molecule has 0 aliphatic carbocycles. The van der Waals surface area contributed by atoms with Gasteiger partial charge in [0.05, 0.1) is 25.3 Å². The summed E-state index contributed by atoms with van der Waals surface area (Å²) in [7, 11) is 1.37. The van der Waals surface area contributed by atoms with E-state index in [4.69, 9.17) is 9.47 Å². The Kier molecular flexibility index (Phi) is 12.5. The molecule has 1 aliphatic rings. The molecule has 1 heterocycles. The third-order valence-electron chi connectivity index (χ3n) is 5.32. The summed E-state index contributed by atoms with van der Waals surface area (Å²) >= 11 is 0. The number of phenolic OH excluding ortho intramolecular Hbond substituents is 1. The number of aliphatic hydroxyl groups is 2. The molecule has 0 saturated carbocycles. The minimum Gasteiger partial charge on any atom is -0.507 e. The maximum atomic E-state index is 13.1. The Hall–Kier alpha value is -4.22. The van der Waals surface area contributed by atoms with Gasteiger partial charge in [-0.05, 0) is 42.7 Å². The van der Waals surface area contributed by atoms with Gasteiger partial charge in [-0.25, -0.2) is 4.79 Å². The van der Waals surface area contributed by atoms with E-state index in [0.29, 0.717) is 11.1 Å². The van der Waals surface area contributed by atoms with Gasteiger partial charge in [0.2, 0.25) is 5.91 Å². The number of carbonyl (C=O) groups is 3. The van der Waals surface area contributed by atoms with Crippen molar-refractivity contribution in [3.05, 3.63) is 77.6 Å². The van der Waals surface area contributed by atoms with E-state index in [0.717, 1.165) is 0 Å². The zero-order valence-corrected chi connectivity index (χ0v) is 21.1.